The van der Waals surface area contributed by atoms with Crippen LogP contribution in [0, 0.1) is 20.8 Å². The Morgan fingerprint density at radius 1 is 1.35 bits per heavy atom. The Morgan fingerprint density at radius 3 is 2.88 bits per heavy atom. The van der Waals surface area contributed by atoms with Crippen molar-refractivity contribution < 1.29 is 18.8 Å². The molecule has 2 atom stereocenters. The van der Waals surface area contributed by atoms with Gasteiger partial charge in [0.15, 0.2) is 0 Å². The minimum absolute atomic E-state index is 0.00692. The quantitative estimate of drug-likeness (QED) is 0.851. The van der Waals surface area contributed by atoms with Crippen molar-refractivity contribution in [3.63, 3.8) is 0 Å². The highest BCUT2D eigenvalue weighted by Crippen LogP contribution is 2.18. The Kier molecular flexibility index (Phi) is 5.88. The number of rotatable bonds is 6. The smallest absolute Gasteiger partial charge is 0.220 e. The minimum atomic E-state index is -0.226. The monoisotopic (exact) mass is 359 g/mol. The van der Waals surface area contributed by atoms with Crippen LogP contribution in [0.4, 0.5) is 0 Å². The number of amides is 1. The summed E-state index contributed by atoms with van der Waals surface area (Å²) in [5, 5.41) is 7.01. The average Bonchev–Trinajstić information content (AvgIpc) is 2.95. The zero-order valence-electron chi connectivity index (χ0n) is 15.4. The van der Waals surface area contributed by atoms with Crippen molar-refractivity contribution in [1.82, 2.24) is 15.5 Å². The Hall–Kier alpha value is -2.41. The zero-order chi connectivity index (χ0) is 18.5. The first-order valence-corrected chi connectivity index (χ1v) is 8.91. The van der Waals surface area contributed by atoms with Gasteiger partial charge in [0.25, 0.3) is 0 Å². The molecule has 1 fully saturated rings. The number of ether oxygens (including phenoxy) is 2. The maximum atomic E-state index is 12.4. The first kappa shape index (κ1) is 18.4. The third-order valence-corrected chi connectivity index (χ3v) is 4.61. The van der Waals surface area contributed by atoms with E-state index < -0.39 is 0 Å². The van der Waals surface area contributed by atoms with Crippen molar-refractivity contribution in [1.29, 1.82) is 0 Å². The van der Waals surface area contributed by atoms with Crippen LogP contribution < -0.4 is 10.1 Å². The summed E-state index contributed by atoms with van der Waals surface area (Å²) in [4.78, 5) is 16.6. The van der Waals surface area contributed by atoms with Crippen LogP contribution in [0.25, 0.3) is 0 Å². The van der Waals surface area contributed by atoms with Crippen molar-refractivity contribution >= 4 is 5.91 Å². The lowest BCUT2D eigenvalue weighted by atomic mass is 10.0. The van der Waals surface area contributed by atoms with Gasteiger partial charge in [-0.15, -0.1) is 0 Å². The third kappa shape index (κ3) is 4.60. The Bertz CT molecular complexity index is 722. The van der Waals surface area contributed by atoms with Gasteiger partial charge in [-0.3, -0.25) is 9.78 Å². The van der Waals surface area contributed by atoms with Crippen LogP contribution in [0.3, 0.4) is 0 Å². The molecule has 0 unspecified atom stereocenters. The van der Waals surface area contributed by atoms with E-state index in [1.165, 1.54) is 0 Å². The molecule has 1 aliphatic rings. The summed E-state index contributed by atoms with van der Waals surface area (Å²) in [6.07, 6.45) is 3.19. The van der Waals surface area contributed by atoms with Crippen LogP contribution in [-0.2, 0) is 16.0 Å². The van der Waals surface area contributed by atoms with Gasteiger partial charge in [-0.25, -0.2) is 0 Å². The molecule has 0 saturated carbocycles. The molecule has 1 N–H and O–H groups in total. The number of carbonyl (C=O) groups is 1. The van der Waals surface area contributed by atoms with Crippen molar-refractivity contribution in [2.24, 2.45) is 0 Å². The van der Waals surface area contributed by atoms with Crippen LogP contribution in [0.15, 0.2) is 22.9 Å². The van der Waals surface area contributed by atoms with Gasteiger partial charge >= 0.3 is 0 Å². The van der Waals surface area contributed by atoms with E-state index >= 15 is 0 Å². The van der Waals surface area contributed by atoms with Crippen LogP contribution in [0.2, 0.25) is 0 Å². The van der Waals surface area contributed by atoms with Crippen molar-refractivity contribution in [2.75, 3.05) is 13.2 Å². The molecule has 26 heavy (non-hydrogen) atoms. The van der Waals surface area contributed by atoms with Gasteiger partial charge in [0.1, 0.15) is 17.6 Å². The van der Waals surface area contributed by atoms with Gasteiger partial charge in [0.2, 0.25) is 5.91 Å². The number of aromatic nitrogens is 2. The summed E-state index contributed by atoms with van der Waals surface area (Å²) in [5.74, 6) is 1.45. The SMILES string of the molecule is Cc1ccc(O[C@@H]2COCC[C@@H]2NC(=O)CCc2c(C)noc2C)cn1. The van der Waals surface area contributed by atoms with Crippen molar-refractivity contribution in [2.45, 2.75) is 52.2 Å². The Morgan fingerprint density at radius 2 is 2.19 bits per heavy atom. The Labute approximate surface area is 153 Å². The molecule has 1 aliphatic heterocycles. The molecule has 3 rings (SSSR count). The van der Waals surface area contributed by atoms with E-state index in [1.54, 1.807) is 6.20 Å². The first-order chi connectivity index (χ1) is 12.5. The molecule has 7 nitrogen and oxygen atoms in total. The highest BCUT2D eigenvalue weighted by atomic mass is 16.5. The fourth-order valence-electron chi connectivity index (χ4n) is 3.07. The first-order valence-electron chi connectivity index (χ1n) is 8.91. The summed E-state index contributed by atoms with van der Waals surface area (Å²) >= 11 is 0. The average molecular weight is 359 g/mol. The number of carbonyl (C=O) groups excluding carboxylic acids is 1. The van der Waals surface area contributed by atoms with E-state index in [9.17, 15) is 4.79 Å². The second kappa shape index (κ2) is 8.31. The van der Waals surface area contributed by atoms with Gasteiger partial charge < -0.3 is 19.3 Å². The molecule has 1 amide bonds. The summed E-state index contributed by atoms with van der Waals surface area (Å²) in [7, 11) is 0. The molecule has 140 valence electrons. The molecule has 2 aromatic rings. The van der Waals surface area contributed by atoms with Gasteiger partial charge in [0, 0.05) is 24.3 Å². The molecule has 0 aromatic carbocycles. The molecular weight excluding hydrogens is 334 g/mol. The fourth-order valence-corrected chi connectivity index (χ4v) is 3.07. The molecule has 0 radical (unpaired) electrons. The normalized spacial score (nSPS) is 20.0. The van der Waals surface area contributed by atoms with Crippen LogP contribution in [-0.4, -0.2) is 41.4 Å². The maximum absolute atomic E-state index is 12.4. The minimum Gasteiger partial charge on any atom is -0.484 e. The molecule has 1 saturated heterocycles. The number of aryl methyl sites for hydroxylation is 3. The maximum Gasteiger partial charge on any atom is 0.220 e. The van der Waals surface area contributed by atoms with Crippen molar-refractivity contribution in [3.05, 3.63) is 41.0 Å². The topological polar surface area (TPSA) is 86.5 Å². The van der Waals surface area contributed by atoms with E-state index in [1.807, 2.05) is 32.9 Å². The lowest BCUT2D eigenvalue weighted by molar-refractivity contribution is -0.123. The van der Waals surface area contributed by atoms with Crippen LogP contribution in [0.5, 0.6) is 5.75 Å². The Balaban J connectivity index is 1.55. The lowest BCUT2D eigenvalue weighted by Crippen LogP contribution is -2.51. The molecule has 0 aliphatic carbocycles. The van der Waals surface area contributed by atoms with Crippen LogP contribution >= 0.6 is 0 Å². The third-order valence-electron chi connectivity index (χ3n) is 4.61. The van der Waals surface area contributed by atoms with Gasteiger partial charge in [-0.2, -0.15) is 0 Å². The van der Waals surface area contributed by atoms with Gasteiger partial charge in [-0.05, 0) is 45.7 Å². The fraction of sp³-hybridized carbons (Fsp3) is 0.526. The second-order valence-corrected chi connectivity index (χ2v) is 6.63. The van der Waals surface area contributed by atoms with E-state index in [2.05, 4.69) is 15.5 Å². The number of hydrogen-bond acceptors (Lipinski definition) is 6. The molecular formula is C19H25N3O4. The number of nitrogens with zero attached hydrogens (tertiary/aromatic N) is 2. The molecule has 3 heterocycles. The molecule has 7 heteroatoms. The molecule has 2 aromatic heterocycles. The van der Waals surface area contributed by atoms with Gasteiger partial charge in [-0.1, -0.05) is 5.16 Å². The van der Waals surface area contributed by atoms with Crippen molar-refractivity contribution in [3.8, 4) is 5.75 Å². The van der Waals surface area contributed by atoms with E-state index in [0.717, 1.165) is 29.1 Å². The highest BCUT2D eigenvalue weighted by molar-refractivity contribution is 5.76. The lowest BCUT2D eigenvalue weighted by Gasteiger charge is -2.32. The summed E-state index contributed by atoms with van der Waals surface area (Å²) < 4.78 is 16.7. The van der Waals surface area contributed by atoms with E-state index in [0.29, 0.717) is 31.8 Å². The van der Waals surface area contributed by atoms with E-state index in [4.69, 9.17) is 14.0 Å². The predicted molar refractivity (Wildman–Crippen MR) is 95.1 cm³/mol. The van der Waals surface area contributed by atoms with Gasteiger partial charge in [0.05, 0.1) is 24.5 Å². The highest BCUT2D eigenvalue weighted by Gasteiger charge is 2.29. The van der Waals surface area contributed by atoms with E-state index in [-0.39, 0.29) is 18.1 Å². The molecule has 0 spiro atoms. The molecule has 0 bridgehead atoms. The summed E-state index contributed by atoms with van der Waals surface area (Å²) in [6.45, 7) is 6.74. The number of nitrogens with one attached hydrogen (secondary N) is 1. The standard InChI is InChI=1S/C19H25N3O4/c1-12-4-5-15(10-20-12)25-18-11-24-9-8-17(18)21-19(23)7-6-16-13(2)22-26-14(16)3/h4-5,10,17-18H,6-9,11H2,1-3H3,(H,21,23)/t17-,18+/m0/s1. The summed E-state index contributed by atoms with van der Waals surface area (Å²) in [5.41, 5.74) is 2.78. The zero-order valence-corrected chi connectivity index (χ0v) is 15.4. The predicted octanol–water partition coefficient (Wildman–Crippen LogP) is 2.28. The largest absolute Gasteiger partial charge is 0.484 e. The number of hydrogen-bond donors (Lipinski definition) is 1. The summed E-state index contributed by atoms with van der Waals surface area (Å²) in [6, 6.07) is 3.70. The second-order valence-electron chi connectivity index (χ2n) is 6.63. The van der Waals surface area contributed by atoms with Crippen LogP contribution in [0.1, 0.15) is 35.6 Å². The number of pyridine rings is 1.